The lowest BCUT2D eigenvalue weighted by atomic mass is 9.98. The second-order valence-electron chi connectivity index (χ2n) is 6.89. The zero-order chi connectivity index (χ0) is 21.1. The molecule has 2 aromatic rings. The summed E-state index contributed by atoms with van der Waals surface area (Å²) < 4.78 is 0. The highest BCUT2D eigenvalue weighted by Gasteiger charge is 2.19. The number of hydrogen-bond donors (Lipinski definition) is 2. The number of allylic oxidation sites excluding steroid dienone is 1. The first-order valence-electron chi connectivity index (χ1n) is 9.88. The van der Waals surface area contributed by atoms with E-state index in [-0.39, 0.29) is 17.9 Å². The van der Waals surface area contributed by atoms with E-state index in [0.29, 0.717) is 0 Å². The van der Waals surface area contributed by atoms with Crippen LogP contribution in [0.15, 0.2) is 97.9 Å². The summed E-state index contributed by atoms with van der Waals surface area (Å²) in [6.45, 7) is 11.2. The third kappa shape index (κ3) is 6.77. The van der Waals surface area contributed by atoms with E-state index < -0.39 is 0 Å². The van der Waals surface area contributed by atoms with Crippen molar-refractivity contribution in [1.29, 1.82) is 0 Å². The first-order valence-corrected chi connectivity index (χ1v) is 9.88. The topological polar surface area (TPSA) is 44.4 Å². The summed E-state index contributed by atoms with van der Waals surface area (Å²) in [7, 11) is 1.90. The number of amides is 1. The standard InChI is InChI=1S/C25H31N3O/c1-5-21(3)28(19-17-26-4)18-16-20(2)25(29)27-24(22-12-8-6-9-13-22)23-14-10-7-11-15-23/h5-16,18,20,24,26H,1,3,17,19H2,2,4H3,(H,27,29). The molecule has 1 unspecified atom stereocenters. The van der Waals surface area contributed by atoms with Gasteiger partial charge in [0.2, 0.25) is 5.91 Å². The number of nitrogens with zero attached hydrogens (tertiary/aromatic N) is 1. The Hall–Kier alpha value is -3.11. The lowest BCUT2D eigenvalue weighted by Gasteiger charge is -2.23. The second-order valence-corrected chi connectivity index (χ2v) is 6.89. The molecule has 0 spiro atoms. The molecule has 29 heavy (non-hydrogen) atoms. The third-order valence-corrected chi connectivity index (χ3v) is 4.73. The van der Waals surface area contributed by atoms with Gasteiger partial charge in [-0.15, -0.1) is 0 Å². The average Bonchev–Trinajstić information content (AvgIpc) is 2.77. The summed E-state index contributed by atoms with van der Waals surface area (Å²) >= 11 is 0. The number of likely N-dealkylation sites (N-methyl/N-ethyl adjacent to an activating group) is 1. The van der Waals surface area contributed by atoms with Crippen LogP contribution in [0.4, 0.5) is 0 Å². The van der Waals surface area contributed by atoms with Gasteiger partial charge in [0.25, 0.3) is 0 Å². The highest BCUT2D eigenvalue weighted by atomic mass is 16.1. The largest absolute Gasteiger partial charge is 0.348 e. The summed E-state index contributed by atoms with van der Waals surface area (Å²) in [5, 5.41) is 6.32. The molecular weight excluding hydrogens is 358 g/mol. The fourth-order valence-corrected chi connectivity index (χ4v) is 2.91. The number of rotatable bonds is 11. The minimum Gasteiger partial charge on any atom is -0.348 e. The predicted octanol–water partition coefficient (Wildman–Crippen LogP) is 4.26. The molecule has 0 saturated heterocycles. The van der Waals surface area contributed by atoms with Gasteiger partial charge in [-0.1, -0.05) is 86.8 Å². The summed E-state index contributed by atoms with van der Waals surface area (Å²) in [6.07, 6.45) is 5.52. The Morgan fingerprint density at radius 1 is 1.07 bits per heavy atom. The molecule has 0 fully saturated rings. The monoisotopic (exact) mass is 389 g/mol. The van der Waals surface area contributed by atoms with Crippen LogP contribution in [0, 0.1) is 5.92 Å². The van der Waals surface area contributed by atoms with Crippen LogP contribution in [-0.4, -0.2) is 30.9 Å². The van der Waals surface area contributed by atoms with Crippen molar-refractivity contribution >= 4 is 5.91 Å². The number of carbonyl (C=O) groups excluding carboxylic acids is 1. The minimum absolute atomic E-state index is 0.0308. The maximum Gasteiger partial charge on any atom is 0.227 e. The molecule has 4 heteroatoms. The molecule has 0 radical (unpaired) electrons. The van der Waals surface area contributed by atoms with Crippen molar-refractivity contribution in [3.05, 3.63) is 109 Å². The fraction of sp³-hybridized carbons (Fsp3) is 0.240. The molecule has 0 aromatic heterocycles. The molecule has 2 aromatic carbocycles. The Morgan fingerprint density at radius 2 is 1.62 bits per heavy atom. The van der Waals surface area contributed by atoms with Gasteiger partial charge in [0.1, 0.15) is 0 Å². The summed E-state index contributed by atoms with van der Waals surface area (Å²) in [6, 6.07) is 19.8. The number of hydrogen-bond acceptors (Lipinski definition) is 3. The molecule has 0 aliphatic carbocycles. The SMILES string of the molecule is C=CC(=C)N(C=CC(C)C(=O)NC(c1ccccc1)c1ccccc1)CCNC. The maximum atomic E-state index is 12.9. The molecule has 0 aliphatic rings. The van der Waals surface area contributed by atoms with Crippen LogP contribution in [0.1, 0.15) is 24.1 Å². The van der Waals surface area contributed by atoms with Crippen LogP contribution in [0.25, 0.3) is 0 Å². The third-order valence-electron chi connectivity index (χ3n) is 4.73. The summed E-state index contributed by atoms with van der Waals surface area (Å²) in [4.78, 5) is 14.9. The van der Waals surface area contributed by atoms with Gasteiger partial charge in [-0.05, 0) is 24.3 Å². The zero-order valence-electron chi connectivity index (χ0n) is 17.3. The smallest absolute Gasteiger partial charge is 0.227 e. The van der Waals surface area contributed by atoms with Crippen molar-refractivity contribution in [1.82, 2.24) is 15.5 Å². The number of carbonyl (C=O) groups is 1. The highest BCUT2D eigenvalue weighted by Crippen LogP contribution is 2.22. The van der Waals surface area contributed by atoms with Gasteiger partial charge in [-0.3, -0.25) is 4.79 Å². The van der Waals surface area contributed by atoms with E-state index in [4.69, 9.17) is 0 Å². The molecule has 0 heterocycles. The second kappa shape index (κ2) is 11.7. The Kier molecular flexibility index (Phi) is 8.93. The lowest BCUT2D eigenvalue weighted by molar-refractivity contribution is -0.123. The van der Waals surface area contributed by atoms with Crippen molar-refractivity contribution in [2.24, 2.45) is 5.92 Å². The van der Waals surface area contributed by atoms with E-state index >= 15 is 0 Å². The lowest BCUT2D eigenvalue weighted by Crippen LogP contribution is -2.33. The van der Waals surface area contributed by atoms with E-state index in [0.717, 1.165) is 29.9 Å². The van der Waals surface area contributed by atoms with Crippen LogP contribution < -0.4 is 10.6 Å². The van der Waals surface area contributed by atoms with E-state index in [2.05, 4.69) is 23.8 Å². The molecule has 0 aliphatic heterocycles. The van der Waals surface area contributed by atoms with Crippen LogP contribution in [0.3, 0.4) is 0 Å². The van der Waals surface area contributed by atoms with E-state index in [1.807, 2.05) is 91.8 Å². The summed E-state index contributed by atoms with van der Waals surface area (Å²) in [5.41, 5.74) is 2.91. The molecule has 1 amide bonds. The van der Waals surface area contributed by atoms with Gasteiger partial charge in [0.15, 0.2) is 0 Å². The molecule has 2 rings (SSSR count). The van der Waals surface area contributed by atoms with E-state index in [1.54, 1.807) is 6.08 Å². The molecule has 152 valence electrons. The van der Waals surface area contributed by atoms with Crippen molar-refractivity contribution in [2.45, 2.75) is 13.0 Å². The summed E-state index contributed by atoms with van der Waals surface area (Å²) in [5.74, 6) is -0.323. The van der Waals surface area contributed by atoms with E-state index in [1.165, 1.54) is 0 Å². The van der Waals surface area contributed by atoms with Gasteiger partial charge >= 0.3 is 0 Å². The predicted molar refractivity (Wildman–Crippen MR) is 121 cm³/mol. The molecule has 0 bridgehead atoms. The minimum atomic E-state index is -0.292. The maximum absolute atomic E-state index is 12.9. The van der Waals surface area contributed by atoms with Gasteiger partial charge in [0.05, 0.1) is 12.0 Å². The fourth-order valence-electron chi connectivity index (χ4n) is 2.91. The van der Waals surface area contributed by atoms with Gasteiger partial charge in [-0.25, -0.2) is 0 Å². The van der Waals surface area contributed by atoms with Crippen LogP contribution >= 0.6 is 0 Å². The Labute approximate surface area is 174 Å². The van der Waals surface area contributed by atoms with E-state index in [9.17, 15) is 4.79 Å². The molecule has 1 atom stereocenters. The molecule has 2 N–H and O–H groups in total. The normalized spacial score (nSPS) is 12.0. The van der Waals surface area contributed by atoms with Crippen molar-refractivity contribution < 1.29 is 4.79 Å². The molecule has 4 nitrogen and oxygen atoms in total. The van der Waals surface area contributed by atoms with Crippen LogP contribution in [0.2, 0.25) is 0 Å². The van der Waals surface area contributed by atoms with Crippen LogP contribution in [-0.2, 0) is 4.79 Å². The average molecular weight is 390 g/mol. The molecular formula is C25H31N3O. The quantitative estimate of drug-likeness (QED) is 0.564. The Morgan fingerprint density at radius 3 is 2.10 bits per heavy atom. The van der Waals surface area contributed by atoms with Crippen molar-refractivity contribution in [3.8, 4) is 0 Å². The first-order chi connectivity index (χ1) is 14.1. The Balaban J connectivity index is 2.14. The zero-order valence-corrected chi connectivity index (χ0v) is 17.3. The van der Waals surface area contributed by atoms with Crippen molar-refractivity contribution in [3.63, 3.8) is 0 Å². The Bertz CT molecular complexity index is 775. The number of benzene rings is 2. The van der Waals surface area contributed by atoms with Gasteiger partial charge in [0, 0.05) is 25.0 Å². The number of nitrogens with one attached hydrogen (secondary N) is 2. The van der Waals surface area contributed by atoms with Gasteiger partial charge < -0.3 is 15.5 Å². The van der Waals surface area contributed by atoms with Gasteiger partial charge in [-0.2, -0.15) is 0 Å². The molecule has 0 saturated carbocycles. The first kappa shape index (κ1) is 22.2. The van der Waals surface area contributed by atoms with Crippen LogP contribution in [0.5, 0.6) is 0 Å². The van der Waals surface area contributed by atoms with Crippen molar-refractivity contribution in [2.75, 3.05) is 20.1 Å². The highest BCUT2D eigenvalue weighted by molar-refractivity contribution is 5.80.